The molecule has 2 rings (SSSR count). The minimum atomic E-state index is -0.925. The highest BCUT2D eigenvalue weighted by molar-refractivity contribution is 5.81. The Hall–Kier alpha value is -3.22. The molecule has 7 nitrogen and oxygen atoms in total. The minimum absolute atomic E-state index is 0.0615. The quantitative estimate of drug-likeness (QED) is 0.474. The Bertz CT molecular complexity index is 787. The molecule has 1 N–H and O–H groups in total. The molecule has 0 saturated heterocycles. The SMILES string of the molecule is Cc1ccc(CNC(=O)[C@H](C)Oc2ccc(C=O)cc2[N+](=O)[O-])cc1. The smallest absolute Gasteiger partial charge is 0.311 e. The van der Waals surface area contributed by atoms with Gasteiger partial charge in [-0.05, 0) is 31.5 Å². The fraction of sp³-hybridized carbons (Fsp3) is 0.222. The fourth-order valence-corrected chi connectivity index (χ4v) is 2.13. The van der Waals surface area contributed by atoms with Gasteiger partial charge in [-0.1, -0.05) is 29.8 Å². The average Bonchev–Trinajstić information content (AvgIpc) is 2.61. The summed E-state index contributed by atoms with van der Waals surface area (Å²) < 4.78 is 5.41. The molecule has 25 heavy (non-hydrogen) atoms. The van der Waals surface area contributed by atoms with Gasteiger partial charge in [0.05, 0.1) is 4.92 Å². The summed E-state index contributed by atoms with van der Waals surface area (Å²) in [7, 11) is 0. The number of benzene rings is 2. The molecule has 0 bridgehead atoms. The highest BCUT2D eigenvalue weighted by atomic mass is 16.6. The summed E-state index contributed by atoms with van der Waals surface area (Å²) in [4.78, 5) is 33.3. The van der Waals surface area contributed by atoms with Gasteiger partial charge >= 0.3 is 5.69 Å². The molecule has 1 amide bonds. The monoisotopic (exact) mass is 342 g/mol. The molecule has 2 aromatic rings. The molecule has 0 aliphatic carbocycles. The maximum atomic E-state index is 12.1. The van der Waals surface area contributed by atoms with Crippen molar-refractivity contribution in [3.8, 4) is 5.75 Å². The molecule has 2 aromatic carbocycles. The van der Waals surface area contributed by atoms with Crippen molar-refractivity contribution in [3.63, 3.8) is 0 Å². The molecule has 0 saturated carbocycles. The van der Waals surface area contributed by atoms with Crippen molar-refractivity contribution < 1.29 is 19.2 Å². The lowest BCUT2D eigenvalue weighted by Gasteiger charge is -2.15. The molecule has 0 aliphatic rings. The van der Waals surface area contributed by atoms with Crippen LogP contribution in [0.5, 0.6) is 5.75 Å². The van der Waals surface area contributed by atoms with Crippen molar-refractivity contribution in [3.05, 3.63) is 69.3 Å². The predicted molar refractivity (Wildman–Crippen MR) is 91.6 cm³/mol. The maximum Gasteiger partial charge on any atom is 0.311 e. The molecule has 0 aliphatic heterocycles. The van der Waals surface area contributed by atoms with Crippen LogP contribution in [-0.4, -0.2) is 23.2 Å². The van der Waals surface area contributed by atoms with E-state index in [2.05, 4.69) is 5.32 Å². The number of hydrogen-bond acceptors (Lipinski definition) is 5. The third-order valence-corrected chi connectivity index (χ3v) is 3.58. The van der Waals surface area contributed by atoms with E-state index in [1.807, 2.05) is 31.2 Å². The number of ether oxygens (including phenoxy) is 1. The first-order valence-corrected chi connectivity index (χ1v) is 7.64. The van der Waals surface area contributed by atoms with E-state index in [-0.39, 0.29) is 17.0 Å². The number of aldehydes is 1. The molecular weight excluding hydrogens is 324 g/mol. The maximum absolute atomic E-state index is 12.1. The number of carbonyl (C=O) groups is 2. The lowest BCUT2D eigenvalue weighted by molar-refractivity contribution is -0.386. The van der Waals surface area contributed by atoms with E-state index in [9.17, 15) is 19.7 Å². The van der Waals surface area contributed by atoms with Crippen LogP contribution in [0.4, 0.5) is 5.69 Å². The van der Waals surface area contributed by atoms with Gasteiger partial charge in [0.2, 0.25) is 0 Å². The molecule has 0 radical (unpaired) electrons. The van der Waals surface area contributed by atoms with Gasteiger partial charge in [-0.3, -0.25) is 19.7 Å². The van der Waals surface area contributed by atoms with E-state index in [4.69, 9.17) is 4.74 Å². The molecule has 0 spiro atoms. The van der Waals surface area contributed by atoms with E-state index >= 15 is 0 Å². The minimum Gasteiger partial charge on any atom is -0.474 e. The van der Waals surface area contributed by atoms with Crippen molar-refractivity contribution in [2.24, 2.45) is 0 Å². The van der Waals surface area contributed by atoms with Crippen molar-refractivity contribution in [2.75, 3.05) is 0 Å². The second-order valence-electron chi connectivity index (χ2n) is 5.57. The van der Waals surface area contributed by atoms with Crippen molar-refractivity contribution in [1.29, 1.82) is 0 Å². The second-order valence-corrected chi connectivity index (χ2v) is 5.57. The fourth-order valence-electron chi connectivity index (χ4n) is 2.13. The first-order chi connectivity index (χ1) is 11.9. The summed E-state index contributed by atoms with van der Waals surface area (Å²) in [6, 6.07) is 11.5. The van der Waals surface area contributed by atoms with Crippen LogP contribution in [0.1, 0.15) is 28.4 Å². The second kappa shape index (κ2) is 8.05. The summed E-state index contributed by atoms with van der Waals surface area (Å²) in [6.45, 7) is 3.81. The number of carbonyl (C=O) groups excluding carboxylic acids is 2. The Morgan fingerprint density at radius 2 is 1.96 bits per heavy atom. The van der Waals surface area contributed by atoms with Gasteiger partial charge in [0.15, 0.2) is 11.9 Å². The summed E-state index contributed by atoms with van der Waals surface area (Å²) >= 11 is 0. The van der Waals surface area contributed by atoms with E-state index in [0.29, 0.717) is 12.8 Å². The molecule has 0 fully saturated rings. The first-order valence-electron chi connectivity index (χ1n) is 7.64. The van der Waals surface area contributed by atoms with Crippen LogP contribution in [-0.2, 0) is 11.3 Å². The summed E-state index contributed by atoms with van der Waals surface area (Å²) in [5.74, 6) is -0.456. The third kappa shape index (κ3) is 4.87. The molecule has 130 valence electrons. The summed E-state index contributed by atoms with van der Waals surface area (Å²) in [6.07, 6.45) is -0.416. The number of nitrogens with one attached hydrogen (secondary N) is 1. The van der Waals surface area contributed by atoms with Gasteiger partial charge < -0.3 is 10.1 Å². The van der Waals surface area contributed by atoms with Gasteiger partial charge in [-0.15, -0.1) is 0 Å². The zero-order chi connectivity index (χ0) is 18.4. The zero-order valence-corrected chi connectivity index (χ0v) is 13.9. The molecule has 1 atom stereocenters. The van der Waals surface area contributed by atoms with E-state index in [1.165, 1.54) is 19.1 Å². The molecule has 0 aromatic heterocycles. The molecule has 0 heterocycles. The third-order valence-electron chi connectivity index (χ3n) is 3.58. The van der Waals surface area contributed by atoms with Crippen molar-refractivity contribution in [2.45, 2.75) is 26.5 Å². The van der Waals surface area contributed by atoms with E-state index in [1.54, 1.807) is 0 Å². The van der Waals surface area contributed by atoms with Gasteiger partial charge in [-0.2, -0.15) is 0 Å². The van der Waals surface area contributed by atoms with Crippen LogP contribution < -0.4 is 10.1 Å². The van der Waals surface area contributed by atoms with Gasteiger partial charge in [0.25, 0.3) is 5.91 Å². The van der Waals surface area contributed by atoms with Crippen LogP contribution >= 0.6 is 0 Å². The predicted octanol–water partition coefficient (Wildman–Crippen LogP) is 2.80. The Morgan fingerprint density at radius 1 is 1.28 bits per heavy atom. The highest BCUT2D eigenvalue weighted by Crippen LogP contribution is 2.28. The first kappa shape index (κ1) is 18.1. The lowest BCUT2D eigenvalue weighted by atomic mass is 10.1. The van der Waals surface area contributed by atoms with Crippen molar-refractivity contribution >= 4 is 17.9 Å². The molecular formula is C18H18N2O5. The number of aryl methyl sites for hydroxylation is 1. The van der Waals surface area contributed by atoms with E-state index in [0.717, 1.165) is 17.2 Å². The van der Waals surface area contributed by atoms with Crippen LogP contribution in [0.25, 0.3) is 0 Å². The number of nitro benzene ring substituents is 1. The zero-order valence-electron chi connectivity index (χ0n) is 13.9. The van der Waals surface area contributed by atoms with Gasteiger partial charge in [-0.25, -0.2) is 0 Å². The summed E-state index contributed by atoms with van der Waals surface area (Å²) in [5.41, 5.74) is 1.86. The van der Waals surface area contributed by atoms with E-state index < -0.39 is 16.9 Å². The molecule has 0 unspecified atom stereocenters. The topological polar surface area (TPSA) is 98.5 Å². The Labute approximate surface area is 144 Å². The Balaban J connectivity index is 2.02. The highest BCUT2D eigenvalue weighted by Gasteiger charge is 2.21. The van der Waals surface area contributed by atoms with Crippen LogP contribution in [0.2, 0.25) is 0 Å². The summed E-state index contributed by atoms with van der Waals surface area (Å²) in [5, 5.41) is 13.8. The number of rotatable bonds is 7. The van der Waals surface area contributed by atoms with Crippen molar-refractivity contribution in [1.82, 2.24) is 5.32 Å². The number of amides is 1. The standard InChI is InChI=1S/C18H18N2O5/c1-12-3-5-14(6-4-12)10-19-18(22)13(2)25-17-8-7-15(11-21)9-16(17)20(23)24/h3-9,11,13H,10H2,1-2H3,(H,19,22)/t13-/m0/s1. The Kier molecular flexibility index (Phi) is 5.84. The number of hydrogen-bond donors (Lipinski definition) is 1. The van der Waals surface area contributed by atoms with Gasteiger partial charge in [0, 0.05) is 18.2 Å². The van der Waals surface area contributed by atoms with Crippen LogP contribution in [0.15, 0.2) is 42.5 Å². The Morgan fingerprint density at radius 3 is 2.56 bits per heavy atom. The lowest BCUT2D eigenvalue weighted by Crippen LogP contribution is -2.36. The van der Waals surface area contributed by atoms with Gasteiger partial charge in [0.1, 0.15) is 6.29 Å². The molecule has 7 heteroatoms. The average molecular weight is 342 g/mol. The number of nitro groups is 1. The largest absolute Gasteiger partial charge is 0.474 e. The normalized spacial score (nSPS) is 11.4. The van der Waals surface area contributed by atoms with Crippen LogP contribution in [0.3, 0.4) is 0 Å². The number of nitrogens with zero attached hydrogens (tertiary/aromatic N) is 1. The van der Waals surface area contributed by atoms with Crippen LogP contribution in [0, 0.1) is 17.0 Å².